The maximum Gasteiger partial charge on any atom is 0.0964 e. The Bertz CT molecular complexity index is 593. The monoisotopic (exact) mass is 347 g/mol. The van der Waals surface area contributed by atoms with E-state index in [1.54, 1.807) is 0 Å². The first kappa shape index (κ1) is 18.9. The highest BCUT2D eigenvalue weighted by Gasteiger charge is 2.54. The van der Waals surface area contributed by atoms with Crippen LogP contribution in [-0.4, -0.2) is 34.5 Å². The summed E-state index contributed by atoms with van der Waals surface area (Å²) in [4.78, 5) is 0. The molecule has 130 valence electrons. The summed E-state index contributed by atoms with van der Waals surface area (Å²) in [5, 5.41) is 25.1. The van der Waals surface area contributed by atoms with Crippen LogP contribution < -0.4 is 5.32 Å². The van der Waals surface area contributed by atoms with Gasteiger partial charge in [0.1, 0.15) is 0 Å². The number of hydrogen-bond donors (Lipinski definition) is 3. The summed E-state index contributed by atoms with van der Waals surface area (Å²) in [6.45, 7) is 4.12. The summed E-state index contributed by atoms with van der Waals surface area (Å²) in [6, 6.07) is 20.2. The van der Waals surface area contributed by atoms with Crippen molar-refractivity contribution in [1.29, 1.82) is 0 Å². The first-order chi connectivity index (χ1) is 11.1. The second-order valence-corrected chi connectivity index (χ2v) is 6.77. The second-order valence-electron chi connectivity index (χ2n) is 6.77. The fourth-order valence-electron chi connectivity index (χ4n) is 3.90. The summed E-state index contributed by atoms with van der Waals surface area (Å²) < 4.78 is 0. The van der Waals surface area contributed by atoms with E-state index in [1.807, 2.05) is 60.7 Å². The molecule has 0 amide bonds. The minimum absolute atomic E-state index is 0. The molecule has 0 unspecified atom stereocenters. The van der Waals surface area contributed by atoms with Gasteiger partial charge in [-0.25, -0.2) is 0 Å². The number of aliphatic hydroxyl groups is 2. The lowest BCUT2D eigenvalue weighted by Crippen LogP contribution is -2.44. The first-order valence-electron chi connectivity index (χ1n) is 8.29. The minimum atomic E-state index is -0.844. The normalized spacial score (nSPS) is 25.5. The van der Waals surface area contributed by atoms with Crippen molar-refractivity contribution in [3.05, 3.63) is 71.8 Å². The van der Waals surface area contributed by atoms with E-state index in [-0.39, 0.29) is 24.5 Å². The number of hydrogen-bond acceptors (Lipinski definition) is 3. The second kappa shape index (κ2) is 7.66. The van der Waals surface area contributed by atoms with Crippen molar-refractivity contribution < 1.29 is 10.2 Å². The topological polar surface area (TPSA) is 52.5 Å². The third-order valence-electron chi connectivity index (χ3n) is 4.91. The molecule has 2 aromatic rings. The fraction of sp³-hybridized carbons (Fsp3) is 0.400. The van der Waals surface area contributed by atoms with E-state index in [9.17, 15) is 10.2 Å². The Morgan fingerprint density at radius 3 is 1.79 bits per heavy atom. The Balaban J connectivity index is 0.00000208. The molecular formula is C20H26ClNO2. The molecule has 0 radical (unpaired) electrons. The molecule has 1 saturated carbocycles. The van der Waals surface area contributed by atoms with Gasteiger partial charge in [-0.1, -0.05) is 74.5 Å². The lowest BCUT2D eigenvalue weighted by atomic mass is 9.71. The zero-order valence-electron chi connectivity index (χ0n) is 14.1. The van der Waals surface area contributed by atoms with Crippen molar-refractivity contribution >= 4 is 12.4 Å². The lowest BCUT2D eigenvalue weighted by Gasteiger charge is -2.34. The van der Waals surface area contributed by atoms with Gasteiger partial charge in [0.2, 0.25) is 0 Å². The number of aliphatic hydroxyl groups excluding tert-OH is 2. The lowest BCUT2D eigenvalue weighted by molar-refractivity contribution is 0.00809. The summed E-state index contributed by atoms with van der Waals surface area (Å²) in [7, 11) is 0. The van der Waals surface area contributed by atoms with Crippen LogP contribution in [0.25, 0.3) is 0 Å². The number of nitrogens with one attached hydrogen (secondary N) is 1. The zero-order valence-corrected chi connectivity index (χ0v) is 14.9. The fourth-order valence-corrected chi connectivity index (χ4v) is 3.90. The summed E-state index contributed by atoms with van der Waals surface area (Å²) >= 11 is 0. The van der Waals surface area contributed by atoms with Gasteiger partial charge in [-0.3, -0.25) is 0 Å². The van der Waals surface area contributed by atoms with Gasteiger partial charge in [-0.05, 0) is 17.5 Å². The molecule has 3 N–H and O–H groups in total. The molecule has 4 heteroatoms. The summed E-state index contributed by atoms with van der Waals surface area (Å²) in [5.41, 5.74) is 1.51. The Kier molecular flexibility index (Phi) is 6.05. The highest BCUT2D eigenvalue weighted by atomic mass is 35.5. The summed E-state index contributed by atoms with van der Waals surface area (Å²) in [6.07, 6.45) is -0.969. The van der Waals surface area contributed by atoms with Crippen LogP contribution in [0.1, 0.15) is 31.4 Å². The summed E-state index contributed by atoms with van der Waals surface area (Å²) in [5.74, 6) is 0. The quantitative estimate of drug-likeness (QED) is 0.797. The molecule has 0 aromatic heterocycles. The molecule has 1 aliphatic rings. The van der Waals surface area contributed by atoms with E-state index in [0.717, 1.165) is 11.1 Å². The van der Waals surface area contributed by atoms with Crippen LogP contribution in [0.15, 0.2) is 60.7 Å². The predicted octanol–water partition coefficient (Wildman–Crippen LogP) is 2.89. The van der Waals surface area contributed by atoms with Crippen molar-refractivity contribution in [2.45, 2.75) is 50.0 Å². The molecule has 1 aliphatic carbocycles. The highest BCUT2D eigenvalue weighted by molar-refractivity contribution is 5.85. The van der Waals surface area contributed by atoms with Crippen LogP contribution in [0.4, 0.5) is 0 Å². The molecule has 3 rings (SSSR count). The van der Waals surface area contributed by atoms with Gasteiger partial charge in [0.05, 0.1) is 17.6 Å². The van der Waals surface area contributed by atoms with Crippen molar-refractivity contribution in [3.8, 4) is 0 Å². The van der Waals surface area contributed by atoms with Gasteiger partial charge >= 0.3 is 0 Å². The molecule has 3 atom stereocenters. The van der Waals surface area contributed by atoms with Gasteiger partial charge in [0, 0.05) is 12.1 Å². The van der Waals surface area contributed by atoms with Crippen molar-refractivity contribution in [2.75, 3.05) is 0 Å². The van der Waals surface area contributed by atoms with Gasteiger partial charge in [-0.15, -0.1) is 12.4 Å². The predicted molar refractivity (Wildman–Crippen MR) is 99.6 cm³/mol. The van der Waals surface area contributed by atoms with Crippen LogP contribution in [-0.2, 0) is 5.41 Å². The SMILES string of the molecule is CC(C)N[C@@H]1CC(c2ccccc2)(c2ccccc2)[C@@H](O)[C@H]1O.Cl. The minimum Gasteiger partial charge on any atom is -0.389 e. The molecule has 0 aliphatic heterocycles. The van der Waals surface area contributed by atoms with Crippen molar-refractivity contribution in [3.63, 3.8) is 0 Å². The van der Waals surface area contributed by atoms with Crippen molar-refractivity contribution in [1.82, 2.24) is 5.32 Å². The molecule has 0 bridgehead atoms. The van der Waals surface area contributed by atoms with Gasteiger partial charge in [-0.2, -0.15) is 0 Å². The molecule has 24 heavy (non-hydrogen) atoms. The third-order valence-corrected chi connectivity index (χ3v) is 4.91. The molecule has 0 spiro atoms. The Morgan fingerprint density at radius 2 is 1.38 bits per heavy atom. The zero-order chi connectivity index (χ0) is 16.4. The van der Waals surface area contributed by atoms with Crippen LogP contribution in [0.5, 0.6) is 0 Å². The number of halogens is 1. The maximum absolute atomic E-state index is 11.0. The first-order valence-corrected chi connectivity index (χ1v) is 8.29. The third kappa shape index (κ3) is 3.22. The highest BCUT2D eigenvalue weighted by Crippen LogP contribution is 2.46. The van der Waals surface area contributed by atoms with Gasteiger partial charge < -0.3 is 15.5 Å². The van der Waals surface area contributed by atoms with Crippen molar-refractivity contribution in [2.24, 2.45) is 0 Å². The van der Waals surface area contributed by atoms with Crippen LogP contribution in [0.3, 0.4) is 0 Å². The van der Waals surface area contributed by atoms with Gasteiger partial charge in [0.25, 0.3) is 0 Å². The molecular weight excluding hydrogens is 322 g/mol. The van der Waals surface area contributed by atoms with Gasteiger partial charge in [0.15, 0.2) is 0 Å². The molecule has 2 aromatic carbocycles. The average Bonchev–Trinajstić information content (AvgIpc) is 2.82. The molecule has 1 fully saturated rings. The van der Waals surface area contributed by atoms with Crippen LogP contribution in [0, 0.1) is 0 Å². The number of rotatable bonds is 4. The van der Waals surface area contributed by atoms with E-state index < -0.39 is 17.6 Å². The Labute approximate surface area is 150 Å². The van der Waals surface area contributed by atoms with E-state index in [2.05, 4.69) is 19.2 Å². The largest absolute Gasteiger partial charge is 0.389 e. The van der Waals surface area contributed by atoms with E-state index >= 15 is 0 Å². The van der Waals surface area contributed by atoms with E-state index in [0.29, 0.717) is 6.42 Å². The average molecular weight is 348 g/mol. The van der Waals surface area contributed by atoms with E-state index in [1.165, 1.54) is 0 Å². The molecule has 0 saturated heterocycles. The van der Waals surface area contributed by atoms with Crippen LogP contribution in [0.2, 0.25) is 0 Å². The standard InChI is InChI=1S/C20H25NO2.ClH/c1-14(2)21-17-13-20(19(23)18(17)22,15-9-5-3-6-10-15)16-11-7-4-8-12-16;/h3-12,14,17-19,21-23H,13H2,1-2H3;1H/t17-,18+,19+;/m1./s1. The Morgan fingerprint density at radius 1 is 0.917 bits per heavy atom. The maximum atomic E-state index is 11.0. The number of benzene rings is 2. The Hall–Kier alpha value is -1.39. The smallest absolute Gasteiger partial charge is 0.0964 e. The molecule has 3 nitrogen and oxygen atoms in total. The van der Waals surface area contributed by atoms with E-state index in [4.69, 9.17) is 0 Å². The van der Waals surface area contributed by atoms with Crippen LogP contribution >= 0.6 is 12.4 Å². The molecule has 0 heterocycles.